The number of thiophene rings is 1. The molecule has 0 saturated heterocycles. The largest absolute Gasteiger partial charge is 0.481 e. The molecule has 1 amide bonds. The Balaban J connectivity index is 2.43. The number of ether oxygens (including phenoxy) is 2. The lowest BCUT2D eigenvalue weighted by atomic mass is 10.2. The van der Waals surface area contributed by atoms with Crippen LogP contribution in [0.2, 0.25) is 0 Å². The van der Waals surface area contributed by atoms with Crippen LogP contribution < -0.4 is 15.4 Å². The van der Waals surface area contributed by atoms with E-state index < -0.39 is 5.97 Å². The van der Waals surface area contributed by atoms with E-state index in [9.17, 15) is 9.59 Å². The predicted octanol–water partition coefficient (Wildman–Crippen LogP) is 0.607. The van der Waals surface area contributed by atoms with Crippen LogP contribution in [0.3, 0.4) is 0 Å². The fourth-order valence-corrected chi connectivity index (χ4v) is 2.66. The van der Waals surface area contributed by atoms with Gasteiger partial charge in [0.2, 0.25) is 0 Å². The highest BCUT2D eigenvalue weighted by Crippen LogP contribution is 2.40. The summed E-state index contributed by atoms with van der Waals surface area (Å²) in [7, 11) is 1.30. The first-order valence-electron chi connectivity index (χ1n) is 5.43. The number of esters is 1. The van der Waals surface area contributed by atoms with E-state index in [2.05, 4.69) is 0 Å². The van der Waals surface area contributed by atoms with Crippen LogP contribution in [0, 0.1) is 0 Å². The van der Waals surface area contributed by atoms with Crippen molar-refractivity contribution in [3.8, 4) is 5.75 Å². The number of nitrogens with two attached hydrogens (primary N) is 1. The Hall–Kier alpha value is -1.60. The SMILES string of the molecule is COC(=O)c1scc2c1N(C[C@H](C)N)C(=O)CO2. The lowest BCUT2D eigenvalue weighted by Crippen LogP contribution is -2.45. The van der Waals surface area contributed by atoms with Gasteiger partial charge in [0.15, 0.2) is 12.4 Å². The van der Waals surface area contributed by atoms with Gasteiger partial charge in [0.25, 0.3) is 5.91 Å². The summed E-state index contributed by atoms with van der Waals surface area (Å²) in [6.07, 6.45) is 0. The molecule has 2 rings (SSSR count). The third-order valence-corrected chi connectivity index (χ3v) is 3.42. The minimum atomic E-state index is -0.478. The lowest BCUT2D eigenvalue weighted by molar-refractivity contribution is -0.121. The zero-order chi connectivity index (χ0) is 13.3. The van der Waals surface area contributed by atoms with Crippen LogP contribution in [-0.2, 0) is 9.53 Å². The second kappa shape index (κ2) is 4.95. The standard InChI is InChI=1S/C11H14N2O4S/c1-6(12)3-13-8(14)4-17-7-5-18-10(9(7)13)11(15)16-2/h5-6H,3-4,12H2,1-2H3/t6-/m0/s1. The molecule has 6 nitrogen and oxygen atoms in total. The van der Waals surface area contributed by atoms with E-state index in [-0.39, 0.29) is 18.6 Å². The number of hydrogen-bond donors (Lipinski definition) is 1. The van der Waals surface area contributed by atoms with Gasteiger partial charge in [-0.05, 0) is 6.92 Å². The first-order valence-corrected chi connectivity index (χ1v) is 6.31. The molecule has 0 bridgehead atoms. The first kappa shape index (κ1) is 12.8. The Morgan fingerprint density at radius 1 is 1.72 bits per heavy atom. The van der Waals surface area contributed by atoms with E-state index in [1.54, 1.807) is 12.3 Å². The summed E-state index contributed by atoms with van der Waals surface area (Å²) in [5.41, 5.74) is 6.20. The molecular weight excluding hydrogens is 256 g/mol. The maximum absolute atomic E-state index is 11.9. The lowest BCUT2D eigenvalue weighted by Gasteiger charge is -2.29. The van der Waals surface area contributed by atoms with Crippen molar-refractivity contribution in [3.63, 3.8) is 0 Å². The minimum Gasteiger partial charge on any atom is -0.481 e. The van der Waals surface area contributed by atoms with Gasteiger partial charge >= 0.3 is 5.97 Å². The molecule has 0 radical (unpaired) electrons. The molecule has 2 heterocycles. The highest BCUT2D eigenvalue weighted by molar-refractivity contribution is 7.13. The van der Waals surface area contributed by atoms with Crippen molar-refractivity contribution in [1.29, 1.82) is 0 Å². The summed E-state index contributed by atoms with van der Waals surface area (Å²) in [5, 5.41) is 1.70. The molecule has 1 aromatic rings. The van der Waals surface area contributed by atoms with Crippen LogP contribution in [0.15, 0.2) is 5.38 Å². The van der Waals surface area contributed by atoms with Gasteiger partial charge in [-0.15, -0.1) is 11.3 Å². The van der Waals surface area contributed by atoms with E-state index >= 15 is 0 Å². The molecule has 0 unspecified atom stereocenters. The molecule has 1 atom stereocenters. The minimum absolute atomic E-state index is 0.0307. The van der Waals surface area contributed by atoms with Crippen molar-refractivity contribution < 1.29 is 19.1 Å². The average Bonchev–Trinajstić information content (AvgIpc) is 2.75. The molecule has 7 heteroatoms. The highest BCUT2D eigenvalue weighted by Gasteiger charge is 2.32. The molecule has 1 aromatic heterocycles. The molecule has 0 fully saturated rings. The van der Waals surface area contributed by atoms with Gasteiger partial charge in [0.1, 0.15) is 10.6 Å². The molecule has 0 spiro atoms. The maximum Gasteiger partial charge on any atom is 0.350 e. The van der Waals surface area contributed by atoms with Crippen LogP contribution in [0.1, 0.15) is 16.6 Å². The Labute approximate surface area is 108 Å². The third-order valence-electron chi connectivity index (χ3n) is 2.50. The summed E-state index contributed by atoms with van der Waals surface area (Å²) in [4.78, 5) is 25.4. The van der Waals surface area contributed by atoms with Crippen LogP contribution in [-0.4, -0.2) is 38.2 Å². The van der Waals surface area contributed by atoms with Crippen LogP contribution in [0.5, 0.6) is 5.75 Å². The van der Waals surface area contributed by atoms with Crippen molar-refractivity contribution in [2.45, 2.75) is 13.0 Å². The summed E-state index contributed by atoms with van der Waals surface area (Å²) in [6.45, 7) is 2.11. The smallest absolute Gasteiger partial charge is 0.350 e. The molecule has 0 aliphatic carbocycles. The number of methoxy groups -OCH3 is 1. The summed E-state index contributed by atoms with van der Waals surface area (Å²) >= 11 is 1.20. The average molecular weight is 270 g/mol. The zero-order valence-corrected chi connectivity index (χ0v) is 11.0. The zero-order valence-electron chi connectivity index (χ0n) is 10.1. The second-order valence-electron chi connectivity index (χ2n) is 4.04. The molecule has 1 aliphatic rings. The second-order valence-corrected chi connectivity index (χ2v) is 4.92. The first-order chi connectivity index (χ1) is 8.54. The van der Waals surface area contributed by atoms with Gasteiger partial charge in [0, 0.05) is 18.0 Å². The number of nitrogens with zero attached hydrogens (tertiary/aromatic N) is 1. The molecule has 2 N–H and O–H groups in total. The molecule has 1 aliphatic heterocycles. The fourth-order valence-electron chi connectivity index (χ4n) is 1.75. The normalized spacial score (nSPS) is 15.9. The highest BCUT2D eigenvalue weighted by atomic mass is 32.1. The van der Waals surface area contributed by atoms with E-state index in [0.717, 1.165) is 0 Å². The molecule has 0 saturated carbocycles. The molecule has 0 aromatic carbocycles. The number of carbonyl (C=O) groups is 2. The van der Waals surface area contributed by atoms with Gasteiger partial charge in [0.05, 0.1) is 7.11 Å². The van der Waals surface area contributed by atoms with E-state index in [0.29, 0.717) is 22.9 Å². The molecule has 98 valence electrons. The van der Waals surface area contributed by atoms with Gasteiger partial charge in [-0.3, -0.25) is 4.79 Å². The summed E-state index contributed by atoms with van der Waals surface area (Å²) in [5.74, 6) is -0.154. The Morgan fingerprint density at radius 2 is 2.44 bits per heavy atom. The van der Waals surface area contributed by atoms with Crippen molar-refractivity contribution in [2.75, 3.05) is 25.2 Å². The summed E-state index contributed by atoms with van der Waals surface area (Å²) < 4.78 is 9.99. The van der Waals surface area contributed by atoms with E-state index in [1.807, 2.05) is 0 Å². The third kappa shape index (κ3) is 2.19. The maximum atomic E-state index is 11.9. The van der Waals surface area contributed by atoms with Crippen LogP contribution in [0.25, 0.3) is 0 Å². The Morgan fingerprint density at radius 3 is 3.06 bits per heavy atom. The van der Waals surface area contributed by atoms with Crippen molar-refractivity contribution in [2.24, 2.45) is 5.73 Å². The number of hydrogen-bond acceptors (Lipinski definition) is 6. The quantitative estimate of drug-likeness (QED) is 0.814. The number of amides is 1. The van der Waals surface area contributed by atoms with Gasteiger partial charge in [-0.2, -0.15) is 0 Å². The van der Waals surface area contributed by atoms with E-state index in [4.69, 9.17) is 15.2 Å². The van der Waals surface area contributed by atoms with Gasteiger partial charge in [-0.1, -0.05) is 0 Å². The van der Waals surface area contributed by atoms with Crippen molar-refractivity contribution >= 4 is 28.9 Å². The van der Waals surface area contributed by atoms with Crippen LogP contribution >= 0.6 is 11.3 Å². The monoisotopic (exact) mass is 270 g/mol. The topological polar surface area (TPSA) is 81.9 Å². The summed E-state index contributed by atoms with van der Waals surface area (Å²) in [6, 6.07) is -0.190. The number of anilines is 1. The predicted molar refractivity (Wildman–Crippen MR) is 67.2 cm³/mol. The number of fused-ring (bicyclic) bond motifs is 1. The van der Waals surface area contributed by atoms with Gasteiger partial charge < -0.3 is 20.1 Å². The van der Waals surface area contributed by atoms with Crippen molar-refractivity contribution in [1.82, 2.24) is 0 Å². The van der Waals surface area contributed by atoms with Crippen molar-refractivity contribution in [3.05, 3.63) is 10.3 Å². The number of carbonyl (C=O) groups excluding carboxylic acids is 2. The Bertz CT molecular complexity index is 483. The number of rotatable bonds is 3. The Kier molecular flexibility index (Phi) is 3.53. The molecule has 18 heavy (non-hydrogen) atoms. The fraction of sp³-hybridized carbons (Fsp3) is 0.455. The van der Waals surface area contributed by atoms with Crippen LogP contribution in [0.4, 0.5) is 5.69 Å². The van der Waals surface area contributed by atoms with Gasteiger partial charge in [-0.25, -0.2) is 4.79 Å². The molecular formula is C11H14N2O4S. The van der Waals surface area contributed by atoms with E-state index in [1.165, 1.54) is 23.3 Å².